The average Bonchev–Trinajstić information content (AvgIpc) is 2.96. The van der Waals surface area contributed by atoms with Gasteiger partial charge >= 0.3 is 5.97 Å². The predicted octanol–water partition coefficient (Wildman–Crippen LogP) is 2.21. The number of hydrogen-bond donors (Lipinski definition) is 1. The van der Waals surface area contributed by atoms with Crippen molar-refractivity contribution in [1.82, 2.24) is 9.55 Å². The predicted molar refractivity (Wildman–Crippen MR) is 80.2 cm³/mol. The van der Waals surface area contributed by atoms with E-state index in [1.54, 1.807) is 14.2 Å². The number of carbonyl (C=O) groups is 1. The normalized spacial score (nSPS) is 16.9. The maximum Gasteiger partial charge on any atom is 0.307 e. The molecule has 0 saturated carbocycles. The second-order valence-corrected chi connectivity index (χ2v) is 5.33. The Kier molecular flexibility index (Phi) is 3.75. The molecule has 0 radical (unpaired) electrons. The molecule has 1 unspecified atom stereocenters. The third-order valence-electron chi connectivity index (χ3n) is 4.04. The molecule has 1 aliphatic rings. The number of aromatic nitrogens is 2. The van der Waals surface area contributed by atoms with E-state index in [-0.39, 0.29) is 5.92 Å². The van der Waals surface area contributed by atoms with E-state index in [2.05, 4.69) is 4.98 Å². The van der Waals surface area contributed by atoms with E-state index in [1.165, 1.54) is 0 Å². The zero-order valence-electron chi connectivity index (χ0n) is 12.6. The molecule has 6 nitrogen and oxygen atoms in total. The van der Waals surface area contributed by atoms with Crippen molar-refractivity contribution in [3.63, 3.8) is 0 Å². The Bertz CT molecular complexity index is 708. The van der Waals surface area contributed by atoms with Gasteiger partial charge in [0.05, 0.1) is 25.8 Å². The molecule has 1 atom stereocenters. The van der Waals surface area contributed by atoms with Crippen LogP contribution >= 0.6 is 0 Å². The number of aryl methyl sites for hydroxylation is 1. The van der Waals surface area contributed by atoms with Gasteiger partial charge in [0.2, 0.25) is 0 Å². The summed E-state index contributed by atoms with van der Waals surface area (Å²) >= 11 is 0. The van der Waals surface area contributed by atoms with Gasteiger partial charge in [0.25, 0.3) is 0 Å². The number of aliphatic carboxylic acids is 1. The summed E-state index contributed by atoms with van der Waals surface area (Å²) in [5.41, 5.74) is 1.66. The summed E-state index contributed by atoms with van der Waals surface area (Å²) in [5, 5.41) is 9.16. The van der Waals surface area contributed by atoms with Crippen molar-refractivity contribution in [2.24, 2.45) is 5.92 Å². The van der Waals surface area contributed by atoms with Crippen molar-refractivity contribution in [3.05, 3.63) is 30.2 Å². The van der Waals surface area contributed by atoms with Gasteiger partial charge < -0.3 is 19.1 Å². The van der Waals surface area contributed by atoms with Crippen LogP contribution in [0.2, 0.25) is 0 Å². The smallest absolute Gasteiger partial charge is 0.307 e. The van der Waals surface area contributed by atoms with Gasteiger partial charge in [0.1, 0.15) is 17.3 Å². The lowest BCUT2D eigenvalue weighted by atomic mass is 9.98. The largest absolute Gasteiger partial charge is 0.497 e. The number of methoxy groups -OCH3 is 2. The van der Waals surface area contributed by atoms with Gasteiger partial charge in [-0.15, -0.1) is 0 Å². The van der Waals surface area contributed by atoms with Crippen molar-refractivity contribution < 1.29 is 19.4 Å². The Balaban J connectivity index is 1.96. The lowest BCUT2D eigenvalue weighted by Crippen LogP contribution is -2.25. The van der Waals surface area contributed by atoms with Crippen LogP contribution in [0.15, 0.2) is 24.4 Å². The lowest BCUT2D eigenvalue weighted by molar-refractivity contribution is -0.142. The van der Waals surface area contributed by atoms with E-state index >= 15 is 0 Å². The van der Waals surface area contributed by atoms with E-state index in [0.717, 1.165) is 22.8 Å². The SMILES string of the molecule is COc1ccc(-c2cn3c(n2)CC(C(=O)O)CC3)c(OC)c1. The third kappa shape index (κ3) is 2.52. The monoisotopic (exact) mass is 302 g/mol. The summed E-state index contributed by atoms with van der Waals surface area (Å²) < 4.78 is 12.6. The molecule has 0 aliphatic carbocycles. The summed E-state index contributed by atoms with van der Waals surface area (Å²) in [6.07, 6.45) is 3.06. The molecule has 1 aliphatic heterocycles. The first-order valence-electron chi connectivity index (χ1n) is 7.13. The number of carboxylic acid groups (broad SMARTS) is 1. The van der Waals surface area contributed by atoms with Crippen LogP contribution in [-0.4, -0.2) is 34.8 Å². The molecule has 3 rings (SSSR count). The summed E-state index contributed by atoms with van der Waals surface area (Å²) in [7, 11) is 3.21. The zero-order chi connectivity index (χ0) is 15.7. The van der Waals surface area contributed by atoms with Gasteiger partial charge in [-0.1, -0.05) is 0 Å². The molecule has 0 bridgehead atoms. The fourth-order valence-corrected chi connectivity index (χ4v) is 2.78. The summed E-state index contributed by atoms with van der Waals surface area (Å²) in [4.78, 5) is 15.7. The molecule has 22 heavy (non-hydrogen) atoms. The van der Waals surface area contributed by atoms with Crippen LogP contribution in [0, 0.1) is 5.92 Å². The minimum atomic E-state index is -0.752. The molecule has 2 aromatic rings. The minimum Gasteiger partial charge on any atom is -0.497 e. The van der Waals surface area contributed by atoms with Gasteiger partial charge in [-0.3, -0.25) is 4.79 Å². The van der Waals surface area contributed by atoms with Crippen molar-refractivity contribution >= 4 is 5.97 Å². The standard InChI is InChI=1S/C16H18N2O4/c1-21-11-3-4-12(14(8-11)22-2)13-9-18-6-5-10(16(19)20)7-15(18)17-13/h3-4,8-10H,5-7H2,1-2H3,(H,19,20). The van der Waals surface area contributed by atoms with Crippen LogP contribution in [0.25, 0.3) is 11.3 Å². The lowest BCUT2D eigenvalue weighted by Gasteiger charge is -2.19. The van der Waals surface area contributed by atoms with E-state index in [9.17, 15) is 4.79 Å². The quantitative estimate of drug-likeness (QED) is 0.937. The zero-order valence-corrected chi connectivity index (χ0v) is 12.6. The van der Waals surface area contributed by atoms with Crippen molar-refractivity contribution in [1.29, 1.82) is 0 Å². The number of carboxylic acids is 1. The third-order valence-corrected chi connectivity index (χ3v) is 4.04. The highest BCUT2D eigenvalue weighted by Gasteiger charge is 2.26. The molecular formula is C16H18N2O4. The first kappa shape index (κ1) is 14.4. The van der Waals surface area contributed by atoms with E-state index in [0.29, 0.717) is 25.1 Å². The first-order valence-corrected chi connectivity index (χ1v) is 7.13. The number of fused-ring (bicyclic) bond motifs is 1. The summed E-state index contributed by atoms with van der Waals surface area (Å²) in [5.74, 6) is 1.12. The molecule has 6 heteroatoms. The Morgan fingerprint density at radius 3 is 2.86 bits per heavy atom. The highest BCUT2D eigenvalue weighted by atomic mass is 16.5. The second kappa shape index (κ2) is 5.71. The molecular weight excluding hydrogens is 284 g/mol. The Hall–Kier alpha value is -2.50. The fraction of sp³-hybridized carbons (Fsp3) is 0.375. The van der Waals surface area contributed by atoms with Crippen molar-refractivity contribution in [2.45, 2.75) is 19.4 Å². The highest BCUT2D eigenvalue weighted by molar-refractivity contribution is 5.71. The van der Waals surface area contributed by atoms with Crippen LogP contribution in [-0.2, 0) is 17.8 Å². The molecule has 0 saturated heterocycles. The molecule has 1 N–H and O–H groups in total. The Labute approximate surface area is 128 Å². The summed E-state index contributed by atoms with van der Waals surface area (Å²) in [6.45, 7) is 0.678. The first-order chi connectivity index (χ1) is 10.6. The highest BCUT2D eigenvalue weighted by Crippen LogP contribution is 2.34. The van der Waals surface area contributed by atoms with Crippen LogP contribution < -0.4 is 9.47 Å². The minimum absolute atomic E-state index is 0.347. The molecule has 1 aromatic carbocycles. The van der Waals surface area contributed by atoms with E-state index in [4.69, 9.17) is 14.6 Å². The molecule has 1 aromatic heterocycles. The summed E-state index contributed by atoms with van der Waals surface area (Å²) in [6, 6.07) is 5.57. The van der Waals surface area contributed by atoms with Gasteiger partial charge in [-0.05, 0) is 18.6 Å². The second-order valence-electron chi connectivity index (χ2n) is 5.33. The molecule has 0 fully saturated rings. The number of nitrogens with zero attached hydrogens (tertiary/aromatic N) is 2. The van der Waals surface area contributed by atoms with Crippen molar-refractivity contribution in [3.8, 4) is 22.8 Å². The van der Waals surface area contributed by atoms with Gasteiger partial charge in [-0.25, -0.2) is 4.98 Å². The Morgan fingerprint density at radius 1 is 1.36 bits per heavy atom. The number of hydrogen-bond acceptors (Lipinski definition) is 4. The van der Waals surface area contributed by atoms with Crippen molar-refractivity contribution in [2.75, 3.05) is 14.2 Å². The average molecular weight is 302 g/mol. The fourth-order valence-electron chi connectivity index (χ4n) is 2.78. The van der Waals surface area contributed by atoms with Gasteiger partial charge in [-0.2, -0.15) is 0 Å². The van der Waals surface area contributed by atoms with Crippen LogP contribution in [0.3, 0.4) is 0 Å². The number of rotatable bonds is 4. The van der Waals surface area contributed by atoms with Crippen LogP contribution in [0.4, 0.5) is 0 Å². The van der Waals surface area contributed by atoms with Gasteiger partial charge in [0.15, 0.2) is 0 Å². The van der Waals surface area contributed by atoms with Crippen LogP contribution in [0.5, 0.6) is 11.5 Å². The number of imidazole rings is 1. The maximum absolute atomic E-state index is 11.1. The Morgan fingerprint density at radius 2 is 2.18 bits per heavy atom. The van der Waals surface area contributed by atoms with E-state index < -0.39 is 5.97 Å². The number of ether oxygens (including phenoxy) is 2. The topological polar surface area (TPSA) is 73.6 Å². The molecule has 2 heterocycles. The van der Waals surface area contributed by atoms with Crippen LogP contribution in [0.1, 0.15) is 12.2 Å². The molecule has 116 valence electrons. The van der Waals surface area contributed by atoms with Gasteiger partial charge in [0, 0.05) is 30.8 Å². The van der Waals surface area contributed by atoms with E-state index in [1.807, 2.05) is 29.0 Å². The number of benzene rings is 1. The molecule has 0 amide bonds. The molecule has 0 spiro atoms. The maximum atomic E-state index is 11.1.